The van der Waals surface area contributed by atoms with Crippen LogP contribution in [0.1, 0.15) is 24.5 Å². The number of ether oxygens (including phenoxy) is 3. The third kappa shape index (κ3) is 5.69. The van der Waals surface area contributed by atoms with Gasteiger partial charge in [0, 0.05) is 47.8 Å². The number of methoxy groups -OCH3 is 2. The van der Waals surface area contributed by atoms with Gasteiger partial charge >= 0.3 is 0 Å². The number of nitrogens with zero attached hydrogens (tertiary/aromatic N) is 1. The Morgan fingerprint density at radius 2 is 1.89 bits per heavy atom. The van der Waals surface area contributed by atoms with Gasteiger partial charge in [0.05, 0.1) is 33.7 Å². The van der Waals surface area contributed by atoms with E-state index in [-0.39, 0.29) is 5.91 Å². The van der Waals surface area contributed by atoms with Crippen molar-refractivity contribution in [2.75, 3.05) is 53.6 Å². The van der Waals surface area contributed by atoms with Crippen LogP contribution < -0.4 is 14.8 Å². The highest BCUT2D eigenvalue weighted by Gasteiger charge is 2.19. The summed E-state index contributed by atoms with van der Waals surface area (Å²) in [6.07, 6.45) is 4.32. The lowest BCUT2D eigenvalue weighted by atomic mass is 9.96. The number of carbonyl (C=O) groups is 1. The van der Waals surface area contributed by atoms with E-state index in [4.69, 9.17) is 18.6 Å². The van der Waals surface area contributed by atoms with Crippen molar-refractivity contribution in [1.29, 1.82) is 0 Å². The predicted octanol–water partition coefficient (Wildman–Crippen LogP) is 4.67. The third-order valence-electron chi connectivity index (χ3n) is 6.48. The van der Waals surface area contributed by atoms with E-state index < -0.39 is 0 Å². The highest BCUT2D eigenvalue weighted by molar-refractivity contribution is 6.01. The van der Waals surface area contributed by atoms with Crippen LogP contribution in [-0.2, 0) is 9.53 Å². The van der Waals surface area contributed by atoms with Crippen LogP contribution in [0.2, 0.25) is 0 Å². The molecule has 35 heavy (non-hydrogen) atoms. The summed E-state index contributed by atoms with van der Waals surface area (Å²) in [5.74, 6) is 1.41. The fourth-order valence-corrected chi connectivity index (χ4v) is 4.53. The zero-order chi connectivity index (χ0) is 24.8. The van der Waals surface area contributed by atoms with Gasteiger partial charge in [0.25, 0.3) is 0 Å². The Hall–Kier alpha value is -3.29. The second-order valence-electron chi connectivity index (χ2n) is 8.76. The van der Waals surface area contributed by atoms with Gasteiger partial charge in [-0.25, -0.2) is 0 Å². The fraction of sp³-hybridized carbons (Fsp3) is 0.393. The Morgan fingerprint density at radius 1 is 1.14 bits per heavy atom. The molecule has 1 N–H and O–H groups in total. The number of hydrogen-bond donors (Lipinski definition) is 1. The van der Waals surface area contributed by atoms with Crippen molar-refractivity contribution < 1.29 is 23.4 Å². The van der Waals surface area contributed by atoms with E-state index in [1.54, 1.807) is 26.6 Å². The highest BCUT2D eigenvalue weighted by atomic mass is 16.5. The molecule has 7 heteroatoms. The van der Waals surface area contributed by atoms with Crippen LogP contribution in [0, 0.1) is 6.92 Å². The van der Waals surface area contributed by atoms with Crippen molar-refractivity contribution >= 4 is 22.4 Å². The molecule has 1 aromatic heterocycles. The smallest absolute Gasteiger partial charge is 0.244 e. The zero-order valence-corrected chi connectivity index (χ0v) is 21.0. The predicted molar refractivity (Wildman–Crippen MR) is 138 cm³/mol. The van der Waals surface area contributed by atoms with Gasteiger partial charge in [0.1, 0.15) is 17.1 Å². The molecular weight excluding hydrogens is 444 g/mol. The molecule has 1 aliphatic rings. The third-order valence-corrected chi connectivity index (χ3v) is 6.48. The summed E-state index contributed by atoms with van der Waals surface area (Å²) in [5.41, 5.74) is 5.39. The van der Waals surface area contributed by atoms with E-state index >= 15 is 0 Å². The first kappa shape index (κ1) is 24.8. The number of furan rings is 1. The fourth-order valence-electron chi connectivity index (χ4n) is 4.53. The van der Waals surface area contributed by atoms with Gasteiger partial charge < -0.3 is 23.9 Å². The normalized spacial score (nSPS) is 14.8. The second-order valence-corrected chi connectivity index (χ2v) is 8.76. The molecule has 1 saturated heterocycles. The van der Waals surface area contributed by atoms with E-state index in [1.165, 1.54) is 0 Å². The number of morpholine rings is 1. The van der Waals surface area contributed by atoms with Gasteiger partial charge in [-0.2, -0.15) is 0 Å². The SMILES string of the molecule is COc1ccc(-c2coc3c(C)c(OC)c(/C(C)=C/C(=O)NCCCN4CCOCC4)cc23)cc1. The molecule has 0 aliphatic carbocycles. The lowest BCUT2D eigenvalue weighted by molar-refractivity contribution is -0.116. The molecule has 7 nitrogen and oxygen atoms in total. The number of benzene rings is 2. The van der Waals surface area contributed by atoms with E-state index in [0.717, 1.165) is 83.8 Å². The molecule has 0 spiro atoms. The minimum atomic E-state index is -0.105. The van der Waals surface area contributed by atoms with E-state index in [2.05, 4.69) is 10.2 Å². The molecule has 0 saturated carbocycles. The Morgan fingerprint density at radius 3 is 2.57 bits per heavy atom. The molecule has 1 fully saturated rings. The largest absolute Gasteiger partial charge is 0.497 e. The van der Waals surface area contributed by atoms with Crippen LogP contribution in [0.3, 0.4) is 0 Å². The molecular formula is C28H34N2O5. The molecule has 1 aliphatic heterocycles. The van der Waals surface area contributed by atoms with Crippen molar-refractivity contribution in [3.05, 3.63) is 53.8 Å². The number of nitrogens with one attached hydrogen (secondary N) is 1. The van der Waals surface area contributed by atoms with Crippen LogP contribution in [0.5, 0.6) is 11.5 Å². The summed E-state index contributed by atoms with van der Waals surface area (Å²) in [4.78, 5) is 15.0. The summed E-state index contributed by atoms with van der Waals surface area (Å²) in [5, 5.41) is 3.98. The molecule has 2 heterocycles. The Labute approximate surface area is 206 Å². The maximum atomic E-state index is 12.6. The van der Waals surface area contributed by atoms with Crippen molar-refractivity contribution in [1.82, 2.24) is 10.2 Å². The van der Waals surface area contributed by atoms with E-state index in [9.17, 15) is 4.79 Å². The quantitative estimate of drug-likeness (QED) is 0.356. The Kier molecular flexibility index (Phi) is 8.10. The van der Waals surface area contributed by atoms with Crippen LogP contribution in [-0.4, -0.2) is 64.4 Å². The molecule has 186 valence electrons. The van der Waals surface area contributed by atoms with Gasteiger partial charge in [-0.3, -0.25) is 9.69 Å². The lowest BCUT2D eigenvalue weighted by Crippen LogP contribution is -2.38. The second kappa shape index (κ2) is 11.4. The monoisotopic (exact) mass is 478 g/mol. The lowest BCUT2D eigenvalue weighted by Gasteiger charge is -2.26. The van der Waals surface area contributed by atoms with Crippen LogP contribution >= 0.6 is 0 Å². The number of allylic oxidation sites excluding steroid dienone is 1. The minimum absolute atomic E-state index is 0.105. The van der Waals surface area contributed by atoms with Crippen molar-refractivity contribution in [3.63, 3.8) is 0 Å². The maximum Gasteiger partial charge on any atom is 0.244 e. The summed E-state index contributed by atoms with van der Waals surface area (Å²) in [6, 6.07) is 9.92. The number of hydrogen-bond acceptors (Lipinski definition) is 6. The Balaban J connectivity index is 1.53. The molecule has 0 radical (unpaired) electrons. The molecule has 4 rings (SSSR count). The van der Waals surface area contributed by atoms with Crippen molar-refractivity contribution in [3.8, 4) is 22.6 Å². The van der Waals surface area contributed by atoms with Gasteiger partial charge in [-0.15, -0.1) is 0 Å². The number of carbonyl (C=O) groups excluding carboxylic acids is 1. The first-order valence-corrected chi connectivity index (χ1v) is 12.0. The molecule has 3 aromatic rings. The van der Waals surface area contributed by atoms with E-state index in [1.807, 2.05) is 44.2 Å². The number of fused-ring (bicyclic) bond motifs is 1. The summed E-state index contributed by atoms with van der Waals surface area (Å²) in [6.45, 7) is 9.01. The highest BCUT2D eigenvalue weighted by Crippen LogP contribution is 2.40. The van der Waals surface area contributed by atoms with Gasteiger partial charge in [0.15, 0.2) is 0 Å². The van der Waals surface area contributed by atoms with Crippen molar-refractivity contribution in [2.24, 2.45) is 0 Å². The number of rotatable bonds is 9. The van der Waals surface area contributed by atoms with Gasteiger partial charge in [-0.05, 0) is 56.1 Å². The molecule has 0 unspecified atom stereocenters. The summed E-state index contributed by atoms with van der Waals surface area (Å²) >= 11 is 0. The molecule has 2 aromatic carbocycles. The minimum Gasteiger partial charge on any atom is -0.497 e. The van der Waals surface area contributed by atoms with E-state index in [0.29, 0.717) is 12.3 Å². The average molecular weight is 479 g/mol. The molecule has 0 atom stereocenters. The molecule has 1 amide bonds. The number of amides is 1. The first-order chi connectivity index (χ1) is 17.0. The van der Waals surface area contributed by atoms with Crippen LogP contribution in [0.15, 0.2) is 47.1 Å². The molecule has 0 bridgehead atoms. The topological polar surface area (TPSA) is 73.2 Å². The number of aryl methyl sites for hydroxylation is 1. The van der Waals surface area contributed by atoms with Crippen molar-refractivity contribution in [2.45, 2.75) is 20.3 Å². The average Bonchev–Trinajstić information content (AvgIpc) is 3.31. The Bertz CT molecular complexity index is 1190. The summed E-state index contributed by atoms with van der Waals surface area (Å²) in [7, 11) is 3.30. The standard InChI is InChI=1S/C28H34N2O5/c1-19(16-26(31)29-10-5-11-30-12-14-34-15-13-30)23-17-24-25(21-6-8-22(32-3)9-7-21)18-35-28(24)20(2)27(23)33-4/h6-9,16-18H,5,10-15H2,1-4H3,(H,29,31)/b19-16+. The van der Waals surface area contributed by atoms with Gasteiger partial charge in [0.2, 0.25) is 5.91 Å². The van der Waals surface area contributed by atoms with Gasteiger partial charge in [-0.1, -0.05) is 12.1 Å². The summed E-state index contributed by atoms with van der Waals surface area (Å²) < 4.78 is 22.3. The van der Waals surface area contributed by atoms with Crippen LogP contribution in [0.4, 0.5) is 0 Å². The first-order valence-electron chi connectivity index (χ1n) is 12.0. The zero-order valence-electron chi connectivity index (χ0n) is 21.0. The maximum absolute atomic E-state index is 12.6. The van der Waals surface area contributed by atoms with Crippen LogP contribution in [0.25, 0.3) is 27.7 Å².